The molecule has 1 N–H and O–H groups in total. The zero-order chi connectivity index (χ0) is 18.4. The first kappa shape index (κ1) is 17.9. The van der Waals surface area contributed by atoms with Gasteiger partial charge in [-0.2, -0.15) is 0 Å². The molecule has 1 aliphatic carbocycles. The Balaban J connectivity index is 1.57. The lowest BCUT2D eigenvalue weighted by Crippen LogP contribution is -2.33. The van der Waals surface area contributed by atoms with E-state index in [0.717, 1.165) is 12.8 Å². The average molecular weight is 357 g/mol. The molecule has 2 aromatic carbocycles. The maximum atomic E-state index is 13.1. The predicted octanol–water partition coefficient (Wildman–Crippen LogP) is 3.16. The van der Waals surface area contributed by atoms with Crippen LogP contribution in [0.25, 0.3) is 0 Å². The summed E-state index contributed by atoms with van der Waals surface area (Å²) in [4.78, 5) is 24.5. The van der Waals surface area contributed by atoms with Gasteiger partial charge in [-0.3, -0.25) is 9.59 Å². The molecule has 1 unspecified atom stereocenters. The third kappa shape index (κ3) is 5.31. The normalized spacial score (nSPS) is 14.3. The van der Waals surface area contributed by atoms with E-state index in [0.29, 0.717) is 11.3 Å². The standard InChI is InChI=1S/C20H20FNO4/c21-15-8-6-14(7-9-15)19(20(24)22-16-10-11-16)26-18(23)12-13-25-17-4-2-1-3-5-17/h1-9,16,19H,10-13H2,(H,22,24). The van der Waals surface area contributed by atoms with Crippen molar-refractivity contribution >= 4 is 11.9 Å². The van der Waals surface area contributed by atoms with Crippen LogP contribution in [0.3, 0.4) is 0 Å². The Kier molecular flexibility index (Phi) is 5.84. The van der Waals surface area contributed by atoms with Crippen molar-refractivity contribution in [1.29, 1.82) is 0 Å². The number of para-hydroxylation sites is 1. The van der Waals surface area contributed by atoms with Crippen LogP contribution in [0.5, 0.6) is 5.75 Å². The van der Waals surface area contributed by atoms with E-state index in [1.165, 1.54) is 24.3 Å². The Labute approximate surface area is 151 Å². The van der Waals surface area contributed by atoms with E-state index in [-0.39, 0.29) is 19.1 Å². The first-order valence-electron chi connectivity index (χ1n) is 8.55. The van der Waals surface area contributed by atoms with Crippen molar-refractivity contribution in [2.45, 2.75) is 31.4 Å². The lowest BCUT2D eigenvalue weighted by Gasteiger charge is -2.18. The van der Waals surface area contributed by atoms with Crippen molar-refractivity contribution in [2.24, 2.45) is 0 Å². The number of esters is 1. The van der Waals surface area contributed by atoms with Crippen molar-refractivity contribution in [3.8, 4) is 5.75 Å². The summed E-state index contributed by atoms with van der Waals surface area (Å²) in [5.74, 6) is -0.711. The number of carbonyl (C=O) groups excluding carboxylic acids is 2. The molecule has 6 heteroatoms. The Morgan fingerprint density at radius 3 is 2.42 bits per heavy atom. The third-order valence-electron chi connectivity index (χ3n) is 3.90. The van der Waals surface area contributed by atoms with Crippen LogP contribution in [0.15, 0.2) is 54.6 Å². The monoisotopic (exact) mass is 357 g/mol. The summed E-state index contributed by atoms with van der Waals surface area (Å²) in [6.07, 6.45) is 0.741. The van der Waals surface area contributed by atoms with Gasteiger partial charge in [0.2, 0.25) is 6.10 Å². The van der Waals surface area contributed by atoms with Crippen molar-refractivity contribution in [1.82, 2.24) is 5.32 Å². The van der Waals surface area contributed by atoms with Crippen LogP contribution < -0.4 is 10.1 Å². The molecule has 5 nitrogen and oxygen atoms in total. The fourth-order valence-electron chi connectivity index (χ4n) is 2.37. The fraction of sp³-hybridized carbons (Fsp3) is 0.300. The number of hydrogen-bond acceptors (Lipinski definition) is 4. The van der Waals surface area contributed by atoms with Gasteiger partial charge in [0.05, 0.1) is 13.0 Å². The highest BCUT2D eigenvalue weighted by atomic mass is 19.1. The molecule has 1 amide bonds. The van der Waals surface area contributed by atoms with E-state index in [1.807, 2.05) is 18.2 Å². The van der Waals surface area contributed by atoms with Crippen LogP contribution >= 0.6 is 0 Å². The lowest BCUT2D eigenvalue weighted by atomic mass is 10.1. The largest absolute Gasteiger partial charge is 0.493 e. The predicted molar refractivity (Wildman–Crippen MR) is 93.0 cm³/mol. The molecular formula is C20H20FNO4. The molecule has 3 rings (SSSR count). The highest BCUT2D eigenvalue weighted by molar-refractivity contribution is 5.85. The minimum Gasteiger partial charge on any atom is -0.493 e. The summed E-state index contributed by atoms with van der Waals surface area (Å²) in [6.45, 7) is 0.142. The molecule has 0 spiro atoms. The van der Waals surface area contributed by atoms with Crippen LogP contribution in [-0.2, 0) is 14.3 Å². The average Bonchev–Trinajstić information content (AvgIpc) is 3.45. The van der Waals surface area contributed by atoms with Crippen molar-refractivity contribution in [3.63, 3.8) is 0 Å². The third-order valence-corrected chi connectivity index (χ3v) is 3.90. The molecule has 0 bridgehead atoms. The number of rotatable bonds is 8. The van der Waals surface area contributed by atoms with Crippen molar-refractivity contribution < 1.29 is 23.5 Å². The molecule has 1 atom stereocenters. The smallest absolute Gasteiger partial charge is 0.310 e. The Morgan fingerprint density at radius 2 is 1.77 bits per heavy atom. The minimum absolute atomic E-state index is 0.00327. The Morgan fingerprint density at radius 1 is 1.08 bits per heavy atom. The van der Waals surface area contributed by atoms with Gasteiger partial charge in [0, 0.05) is 11.6 Å². The molecule has 0 radical (unpaired) electrons. The topological polar surface area (TPSA) is 64.6 Å². The van der Waals surface area contributed by atoms with Gasteiger partial charge in [0.25, 0.3) is 5.91 Å². The summed E-state index contributed by atoms with van der Waals surface area (Å²) >= 11 is 0. The van der Waals surface area contributed by atoms with E-state index in [9.17, 15) is 14.0 Å². The number of amides is 1. The molecule has 0 aliphatic heterocycles. The molecule has 1 saturated carbocycles. The van der Waals surface area contributed by atoms with E-state index in [1.54, 1.807) is 12.1 Å². The fourth-order valence-corrected chi connectivity index (χ4v) is 2.37. The Hall–Kier alpha value is -2.89. The van der Waals surface area contributed by atoms with E-state index in [2.05, 4.69) is 5.32 Å². The van der Waals surface area contributed by atoms with E-state index in [4.69, 9.17) is 9.47 Å². The summed E-state index contributed by atoms with van der Waals surface area (Å²) in [5, 5.41) is 2.81. The molecular weight excluding hydrogens is 337 g/mol. The maximum Gasteiger partial charge on any atom is 0.310 e. The molecule has 0 saturated heterocycles. The van der Waals surface area contributed by atoms with Gasteiger partial charge in [-0.05, 0) is 37.1 Å². The summed E-state index contributed by atoms with van der Waals surface area (Å²) < 4.78 is 24.0. The number of hydrogen-bond donors (Lipinski definition) is 1. The highest BCUT2D eigenvalue weighted by Crippen LogP contribution is 2.24. The molecule has 26 heavy (non-hydrogen) atoms. The van der Waals surface area contributed by atoms with Crippen LogP contribution in [0.4, 0.5) is 4.39 Å². The summed E-state index contributed by atoms with van der Waals surface area (Å²) in [6, 6.07) is 14.6. The van der Waals surface area contributed by atoms with Crippen LogP contribution in [0, 0.1) is 5.82 Å². The number of ether oxygens (including phenoxy) is 2. The zero-order valence-corrected chi connectivity index (χ0v) is 14.2. The van der Waals surface area contributed by atoms with Crippen molar-refractivity contribution in [2.75, 3.05) is 6.61 Å². The quantitative estimate of drug-likeness (QED) is 0.737. The van der Waals surface area contributed by atoms with Gasteiger partial charge in [-0.25, -0.2) is 4.39 Å². The van der Waals surface area contributed by atoms with Crippen LogP contribution in [0.1, 0.15) is 30.9 Å². The number of carbonyl (C=O) groups is 2. The molecule has 2 aromatic rings. The molecule has 1 fully saturated rings. The van der Waals surface area contributed by atoms with Gasteiger partial charge < -0.3 is 14.8 Å². The second kappa shape index (κ2) is 8.47. The highest BCUT2D eigenvalue weighted by Gasteiger charge is 2.30. The second-order valence-corrected chi connectivity index (χ2v) is 6.12. The maximum absolute atomic E-state index is 13.1. The molecule has 0 heterocycles. The first-order chi connectivity index (χ1) is 12.6. The number of benzene rings is 2. The van der Waals surface area contributed by atoms with Gasteiger partial charge >= 0.3 is 5.97 Å². The van der Waals surface area contributed by atoms with Gasteiger partial charge in [-0.15, -0.1) is 0 Å². The zero-order valence-electron chi connectivity index (χ0n) is 14.2. The molecule has 136 valence electrons. The van der Waals surface area contributed by atoms with Crippen molar-refractivity contribution in [3.05, 3.63) is 66.0 Å². The number of nitrogens with one attached hydrogen (secondary N) is 1. The van der Waals surface area contributed by atoms with Gasteiger partial charge in [0.15, 0.2) is 0 Å². The van der Waals surface area contributed by atoms with E-state index < -0.39 is 23.8 Å². The molecule has 1 aliphatic rings. The van der Waals surface area contributed by atoms with Crippen LogP contribution in [-0.4, -0.2) is 24.5 Å². The van der Waals surface area contributed by atoms with E-state index >= 15 is 0 Å². The SMILES string of the molecule is O=C(CCOc1ccccc1)OC(C(=O)NC1CC1)c1ccc(F)cc1. The van der Waals surface area contributed by atoms with Gasteiger partial charge in [-0.1, -0.05) is 30.3 Å². The second-order valence-electron chi connectivity index (χ2n) is 6.12. The lowest BCUT2D eigenvalue weighted by molar-refractivity contribution is -0.157. The minimum atomic E-state index is -1.10. The van der Waals surface area contributed by atoms with Gasteiger partial charge in [0.1, 0.15) is 11.6 Å². The Bertz CT molecular complexity index is 744. The van der Waals surface area contributed by atoms with Crippen LogP contribution in [0.2, 0.25) is 0 Å². The summed E-state index contributed by atoms with van der Waals surface area (Å²) in [7, 11) is 0. The first-order valence-corrected chi connectivity index (χ1v) is 8.55. The molecule has 0 aromatic heterocycles. The summed E-state index contributed by atoms with van der Waals surface area (Å²) in [5.41, 5.74) is 0.432. The number of halogens is 1.